The van der Waals surface area contributed by atoms with Crippen LogP contribution in [-0.2, 0) is 11.2 Å². The Morgan fingerprint density at radius 2 is 2.05 bits per heavy atom. The van der Waals surface area contributed by atoms with Gasteiger partial charge in [0.25, 0.3) is 0 Å². The summed E-state index contributed by atoms with van der Waals surface area (Å²) >= 11 is 0. The average molecular weight is 263 g/mol. The van der Waals surface area contributed by atoms with Gasteiger partial charge in [-0.1, -0.05) is 31.2 Å². The number of carbonyl (C=O) groups is 1. The SMILES string of the molecule is CCC(C)(CCO)NC(=O)CCc1ccccc1C. The number of hydrogen-bond acceptors (Lipinski definition) is 2. The molecule has 0 saturated carbocycles. The van der Waals surface area contributed by atoms with Crippen molar-refractivity contribution >= 4 is 5.91 Å². The molecule has 0 spiro atoms. The number of rotatable bonds is 7. The summed E-state index contributed by atoms with van der Waals surface area (Å²) in [6.07, 6.45) is 2.67. The largest absolute Gasteiger partial charge is 0.396 e. The summed E-state index contributed by atoms with van der Waals surface area (Å²) in [6.45, 7) is 6.17. The molecule has 1 amide bonds. The molecule has 1 aromatic rings. The van der Waals surface area contributed by atoms with E-state index in [1.807, 2.05) is 26.0 Å². The van der Waals surface area contributed by atoms with Crippen molar-refractivity contribution in [1.29, 1.82) is 0 Å². The smallest absolute Gasteiger partial charge is 0.220 e. The molecule has 3 heteroatoms. The zero-order chi connectivity index (χ0) is 14.3. The van der Waals surface area contributed by atoms with E-state index in [0.717, 1.165) is 12.8 Å². The molecule has 3 nitrogen and oxygen atoms in total. The van der Waals surface area contributed by atoms with Crippen LogP contribution in [0.3, 0.4) is 0 Å². The fraction of sp³-hybridized carbons (Fsp3) is 0.562. The summed E-state index contributed by atoms with van der Waals surface area (Å²) in [5.41, 5.74) is 2.15. The highest BCUT2D eigenvalue weighted by Crippen LogP contribution is 2.15. The third kappa shape index (κ3) is 5.03. The second kappa shape index (κ2) is 7.29. The van der Waals surface area contributed by atoms with Crippen molar-refractivity contribution < 1.29 is 9.90 Å². The third-order valence-corrected chi connectivity index (χ3v) is 3.77. The number of carbonyl (C=O) groups excluding carboxylic acids is 1. The maximum Gasteiger partial charge on any atom is 0.220 e. The molecule has 1 rings (SSSR count). The maximum atomic E-state index is 12.0. The van der Waals surface area contributed by atoms with E-state index in [4.69, 9.17) is 5.11 Å². The number of aryl methyl sites for hydroxylation is 2. The van der Waals surface area contributed by atoms with E-state index in [-0.39, 0.29) is 18.1 Å². The number of aliphatic hydroxyl groups is 1. The van der Waals surface area contributed by atoms with Crippen molar-refractivity contribution in [3.8, 4) is 0 Å². The quantitative estimate of drug-likeness (QED) is 0.794. The van der Waals surface area contributed by atoms with Gasteiger partial charge in [-0.25, -0.2) is 0 Å². The van der Waals surface area contributed by atoms with Crippen LogP contribution in [0.2, 0.25) is 0 Å². The Kier molecular flexibility index (Phi) is 6.03. The van der Waals surface area contributed by atoms with Crippen molar-refractivity contribution in [3.05, 3.63) is 35.4 Å². The lowest BCUT2D eigenvalue weighted by atomic mass is 9.94. The molecule has 1 unspecified atom stereocenters. The average Bonchev–Trinajstić information content (AvgIpc) is 2.38. The van der Waals surface area contributed by atoms with Gasteiger partial charge in [0.05, 0.1) is 0 Å². The summed E-state index contributed by atoms with van der Waals surface area (Å²) in [6, 6.07) is 8.14. The van der Waals surface area contributed by atoms with Gasteiger partial charge in [0, 0.05) is 18.6 Å². The van der Waals surface area contributed by atoms with Crippen molar-refractivity contribution in [2.45, 2.75) is 52.0 Å². The van der Waals surface area contributed by atoms with E-state index in [0.29, 0.717) is 12.8 Å². The van der Waals surface area contributed by atoms with Gasteiger partial charge in [-0.3, -0.25) is 4.79 Å². The van der Waals surface area contributed by atoms with E-state index >= 15 is 0 Å². The minimum Gasteiger partial charge on any atom is -0.396 e. The first-order chi connectivity index (χ1) is 9.00. The Hall–Kier alpha value is -1.35. The molecule has 1 aromatic carbocycles. The van der Waals surface area contributed by atoms with Gasteiger partial charge >= 0.3 is 0 Å². The zero-order valence-corrected chi connectivity index (χ0v) is 12.2. The molecule has 0 saturated heterocycles. The lowest BCUT2D eigenvalue weighted by Crippen LogP contribution is -2.46. The molecule has 0 aliphatic rings. The standard InChI is InChI=1S/C16H25NO2/c1-4-16(3,11-12-18)17-15(19)10-9-14-8-6-5-7-13(14)2/h5-8,18H,4,9-12H2,1-3H3,(H,17,19). The van der Waals surface area contributed by atoms with Crippen LogP contribution in [-0.4, -0.2) is 23.2 Å². The fourth-order valence-corrected chi connectivity index (χ4v) is 2.11. The van der Waals surface area contributed by atoms with E-state index < -0.39 is 0 Å². The molecule has 0 fully saturated rings. The zero-order valence-electron chi connectivity index (χ0n) is 12.2. The lowest BCUT2D eigenvalue weighted by Gasteiger charge is -2.29. The molecular formula is C16H25NO2. The van der Waals surface area contributed by atoms with E-state index in [2.05, 4.69) is 24.4 Å². The minimum absolute atomic E-state index is 0.0565. The van der Waals surface area contributed by atoms with E-state index in [9.17, 15) is 4.79 Å². The Labute approximate surface area is 116 Å². The molecule has 0 aliphatic carbocycles. The van der Waals surface area contributed by atoms with Crippen LogP contribution >= 0.6 is 0 Å². The van der Waals surface area contributed by atoms with E-state index in [1.165, 1.54) is 11.1 Å². The Morgan fingerprint density at radius 3 is 2.63 bits per heavy atom. The van der Waals surface area contributed by atoms with Crippen molar-refractivity contribution in [1.82, 2.24) is 5.32 Å². The number of aliphatic hydroxyl groups excluding tert-OH is 1. The highest BCUT2D eigenvalue weighted by Gasteiger charge is 2.23. The van der Waals surface area contributed by atoms with E-state index in [1.54, 1.807) is 0 Å². The van der Waals surface area contributed by atoms with Crippen LogP contribution in [0.5, 0.6) is 0 Å². The Bertz CT molecular complexity index is 417. The summed E-state index contributed by atoms with van der Waals surface area (Å²) in [4.78, 5) is 12.0. The molecule has 106 valence electrons. The maximum absolute atomic E-state index is 12.0. The van der Waals surface area contributed by atoms with Gasteiger partial charge in [0.1, 0.15) is 0 Å². The molecule has 19 heavy (non-hydrogen) atoms. The summed E-state index contributed by atoms with van der Waals surface area (Å²) < 4.78 is 0. The van der Waals surface area contributed by atoms with Crippen LogP contribution in [0.4, 0.5) is 0 Å². The third-order valence-electron chi connectivity index (χ3n) is 3.77. The van der Waals surface area contributed by atoms with Gasteiger partial charge in [0.15, 0.2) is 0 Å². The first kappa shape index (κ1) is 15.7. The van der Waals surface area contributed by atoms with Crippen LogP contribution in [0.25, 0.3) is 0 Å². The molecule has 0 heterocycles. The van der Waals surface area contributed by atoms with Gasteiger partial charge in [-0.15, -0.1) is 0 Å². The first-order valence-corrected chi connectivity index (χ1v) is 6.97. The number of nitrogens with one attached hydrogen (secondary N) is 1. The summed E-state index contributed by atoms with van der Waals surface area (Å²) in [5, 5.41) is 12.1. The summed E-state index contributed by atoms with van der Waals surface area (Å²) in [5.74, 6) is 0.0565. The monoisotopic (exact) mass is 263 g/mol. The van der Waals surface area contributed by atoms with Gasteiger partial charge in [-0.2, -0.15) is 0 Å². The molecule has 2 N–H and O–H groups in total. The molecule has 0 bridgehead atoms. The van der Waals surface area contributed by atoms with Crippen LogP contribution < -0.4 is 5.32 Å². The van der Waals surface area contributed by atoms with Crippen LogP contribution in [0.15, 0.2) is 24.3 Å². The highest BCUT2D eigenvalue weighted by molar-refractivity contribution is 5.77. The van der Waals surface area contributed by atoms with Crippen molar-refractivity contribution in [3.63, 3.8) is 0 Å². The molecular weight excluding hydrogens is 238 g/mol. The number of amides is 1. The molecule has 0 radical (unpaired) electrons. The molecule has 0 aromatic heterocycles. The second-order valence-electron chi connectivity index (χ2n) is 5.36. The first-order valence-electron chi connectivity index (χ1n) is 6.97. The predicted molar refractivity (Wildman–Crippen MR) is 78.0 cm³/mol. The minimum atomic E-state index is -0.294. The van der Waals surface area contributed by atoms with Crippen molar-refractivity contribution in [2.24, 2.45) is 0 Å². The fourth-order valence-electron chi connectivity index (χ4n) is 2.11. The highest BCUT2D eigenvalue weighted by atomic mass is 16.3. The van der Waals surface area contributed by atoms with Gasteiger partial charge in [-0.05, 0) is 44.2 Å². The van der Waals surface area contributed by atoms with Crippen molar-refractivity contribution in [2.75, 3.05) is 6.61 Å². The molecule has 0 aliphatic heterocycles. The number of benzene rings is 1. The Balaban J connectivity index is 2.50. The Morgan fingerprint density at radius 1 is 1.37 bits per heavy atom. The second-order valence-corrected chi connectivity index (χ2v) is 5.36. The topological polar surface area (TPSA) is 49.3 Å². The number of hydrogen-bond donors (Lipinski definition) is 2. The van der Waals surface area contributed by atoms with Gasteiger partial charge < -0.3 is 10.4 Å². The van der Waals surface area contributed by atoms with Crippen LogP contribution in [0, 0.1) is 6.92 Å². The summed E-state index contributed by atoms with van der Waals surface area (Å²) in [7, 11) is 0. The lowest BCUT2D eigenvalue weighted by molar-refractivity contribution is -0.123. The normalized spacial score (nSPS) is 13.9. The predicted octanol–water partition coefficient (Wildman–Crippen LogP) is 2.59. The molecule has 1 atom stereocenters. The van der Waals surface area contributed by atoms with Crippen LogP contribution in [0.1, 0.15) is 44.2 Å². The van der Waals surface area contributed by atoms with Gasteiger partial charge in [0.2, 0.25) is 5.91 Å².